The second-order valence-electron chi connectivity index (χ2n) is 7.20. The molecule has 0 atom stereocenters. The molecule has 32 heavy (non-hydrogen) atoms. The van der Waals surface area contributed by atoms with Crippen LogP contribution >= 0.6 is 11.6 Å². The van der Waals surface area contributed by atoms with Crippen LogP contribution in [-0.4, -0.2) is 39.0 Å². The van der Waals surface area contributed by atoms with Crippen LogP contribution in [0.25, 0.3) is 0 Å². The molecule has 0 saturated carbocycles. The van der Waals surface area contributed by atoms with Crippen molar-refractivity contribution >= 4 is 39.1 Å². The van der Waals surface area contributed by atoms with Crippen molar-refractivity contribution in [1.82, 2.24) is 10.0 Å². The molecule has 0 bridgehead atoms. The van der Waals surface area contributed by atoms with Gasteiger partial charge in [0.15, 0.2) is 0 Å². The van der Waals surface area contributed by atoms with Crippen LogP contribution in [0.5, 0.6) is 0 Å². The van der Waals surface area contributed by atoms with Gasteiger partial charge in [-0.1, -0.05) is 17.7 Å². The van der Waals surface area contributed by atoms with Crippen molar-refractivity contribution in [3.05, 3.63) is 58.1 Å². The summed E-state index contributed by atoms with van der Waals surface area (Å²) in [4.78, 5) is 24.6. The largest absolute Gasteiger partial charge is 0.405 e. The Balaban J connectivity index is 2.29. The van der Waals surface area contributed by atoms with Crippen molar-refractivity contribution in [2.45, 2.75) is 37.9 Å². The van der Waals surface area contributed by atoms with E-state index in [0.717, 1.165) is 6.07 Å². The lowest BCUT2D eigenvalue weighted by molar-refractivity contribution is -0.123. The molecule has 2 aromatic carbocycles. The number of carbonyl (C=O) groups excluding carboxylic acids is 2. The highest BCUT2D eigenvalue weighted by atomic mass is 35.5. The first kappa shape index (κ1) is 25.6. The maximum absolute atomic E-state index is 12.8. The summed E-state index contributed by atoms with van der Waals surface area (Å²) in [6.07, 6.45) is -4.57. The highest BCUT2D eigenvalue weighted by Gasteiger charge is 2.28. The number of nitrogens with one attached hydrogen (secondary N) is 3. The van der Waals surface area contributed by atoms with Crippen LogP contribution in [0, 0.1) is 6.92 Å². The zero-order valence-corrected chi connectivity index (χ0v) is 18.9. The minimum absolute atomic E-state index is 0.0114. The van der Waals surface area contributed by atoms with Crippen LogP contribution in [0.2, 0.25) is 5.02 Å². The number of halogens is 4. The number of aryl methyl sites for hydroxylation is 1. The monoisotopic (exact) mass is 491 g/mol. The smallest absolute Gasteiger partial charge is 0.343 e. The molecule has 2 rings (SSSR count). The number of hydrogen-bond donors (Lipinski definition) is 3. The van der Waals surface area contributed by atoms with Gasteiger partial charge in [-0.25, -0.2) is 13.1 Å². The van der Waals surface area contributed by atoms with Gasteiger partial charge in [0.25, 0.3) is 11.8 Å². The first-order valence-corrected chi connectivity index (χ1v) is 11.1. The van der Waals surface area contributed by atoms with Crippen molar-refractivity contribution in [3.63, 3.8) is 0 Å². The number of hydrogen-bond acceptors (Lipinski definition) is 4. The molecule has 12 heteroatoms. The predicted octanol–water partition coefficient (Wildman–Crippen LogP) is 3.88. The fourth-order valence-corrected chi connectivity index (χ4v) is 4.07. The minimum atomic E-state index is -4.57. The minimum Gasteiger partial charge on any atom is -0.343 e. The van der Waals surface area contributed by atoms with Crippen LogP contribution < -0.4 is 15.4 Å². The van der Waals surface area contributed by atoms with Crippen LogP contribution in [0.4, 0.5) is 18.9 Å². The molecule has 0 unspecified atom stereocenters. The van der Waals surface area contributed by atoms with Gasteiger partial charge in [0.05, 0.1) is 15.5 Å². The number of amides is 2. The quantitative estimate of drug-likeness (QED) is 0.546. The maximum atomic E-state index is 12.8. The molecule has 174 valence electrons. The standard InChI is InChI=1S/C20H21ClF3N3O4S/c1-11(2)27-32(30,31)14-6-7-16(21)15(9-14)19(29)26-17-8-13(5-4-12(17)3)18(28)25-10-20(22,23)24/h4-9,11,27H,10H2,1-3H3,(H,25,28)(H,26,29). The average Bonchev–Trinajstić information content (AvgIpc) is 2.66. The Morgan fingerprint density at radius 3 is 2.31 bits per heavy atom. The van der Waals surface area contributed by atoms with Crippen LogP contribution in [0.1, 0.15) is 40.1 Å². The Kier molecular flexibility index (Phi) is 7.92. The zero-order valence-electron chi connectivity index (χ0n) is 17.3. The summed E-state index contributed by atoms with van der Waals surface area (Å²) in [5.41, 5.74) is 0.440. The SMILES string of the molecule is Cc1ccc(C(=O)NCC(F)(F)F)cc1NC(=O)c1cc(S(=O)(=O)NC(C)C)ccc1Cl. The summed E-state index contributed by atoms with van der Waals surface area (Å²) in [7, 11) is -3.88. The molecule has 3 N–H and O–H groups in total. The number of sulfonamides is 1. The van der Waals surface area contributed by atoms with Gasteiger partial charge in [-0.05, 0) is 56.7 Å². The van der Waals surface area contributed by atoms with E-state index < -0.39 is 34.6 Å². The van der Waals surface area contributed by atoms with E-state index in [2.05, 4.69) is 10.0 Å². The molecule has 2 amide bonds. The molecule has 0 saturated heterocycles. The molecule has 0 fully saturated rings. The van der Waals surface area contributed by atoms with Gasteiger partial charge in [0, 0.05) is 17.3 Å². The van der Waals surface area contributed by atoms with E-state index in [9.17, 15) is 31.2 Å². The number of carbonyl (C=O) groups is 2. The van der Waals surface area contributed by atoms with Gasteiger partial charge in [-0.15, -0.1) is 0 Å². The molecular weight excluding hydrogens is 471 g/mol. The first-order valence-electron chi connectivity index (χ1n) is 9.28. The fraction of sp³-hybridized carbons (Fsp3) is 0.300. The summed E-state index contributed by atoms with van der Waals surface area (Å²) < 4.78 is 64.1. The molecule has 0 aliphatic carbocycles. The number of benzene rings is 2. The van der Waals surface area contributed by atoms with Crippen molar-refractivity contribution in [2.75, 3.05) is 11.9 Å². The zero-order chi connectivity index (χ0) is 24.3. The number of rotatable bonds is 7. The maximum Gasteiger partial charge on any atom is 0.405 e. The highest BCUT2D eigenvalue weighted by Crippen LogP contribution is 2.24. The molecule has 0 spiro atoms. The summed E-state index contributed by atoms with van der Waals surface area (Å²) in [6, 6.07) is 7.23. The second kappa shape index (κ2) is 9.88. The van der Waals surface area contributed by atoms with Crippen LogP contribution in [0.15, 0.2) is 41.3 Å². The van der Waals surface area contributed by atoms with Gasteiger partial charge in [0.1, 0.15) is 6.54 Å². The lowest BCUT2D eigenvalue weighted by atomic mass is 10.1. The summed E-state index contributed by atoms with van der Waals surface area (Å²) in [5.74, 6) is -1.73. The van der Waals surface area contributed by atoms with Gasteiger partial charge in [-0.2, -0.15) is 13.2 Å². The molecule has 0 aromatic heterocycles. The number of anilines is 1. The van der Waals surface area contributed by atoms with Crippen molar-refractivity contribution < 1.29 is 31.2 Å². The Morgan fingerprint density at radius 2 is 1.72 bits per heavy atom. The highest BCUT2D eigenvalue weighted by molar-refractivity contribution is 7.89. The summed E-state index contributed by atoms with van der Waals surface area (Å²) in [6.45, 7) is 3.40. The second-order valence-corrected chi connectivity index (χ2v) is 9.32. The Morgan fingerprint density at radius 1 is 1.06 bits per heavy atom. The van der Waals surface area contributed by atoms with Gasteiger partial charge in [-0.3, -0.25) is 9.59 Å². The Bertz CT molecular complexity index is 1140. The van der Waals surface area contributed by atoms with E-state index in [-0.39, 0.29) is 32.8 Å². The molecule has 7 nitrogen and oxygen atoms in total. The first-order chi connectivity index (χ1) is 14.7. The van der Waals surface area contributed by atoms with Gasteiger partial charge in [0.2, 0.25) is 10.0 Å². The molecule has 2 aromatic rings. The molecule has 0 radical (unpaired) electrons. The topological polar surface area (TPSA) is 104 Å². The van der Waals surface area contributed by atoms with E-state index in [4.69, 9.17) is 11.6 Å². The molecule has 0 aliphatic heterocycles. The lowest BCUT2D eigenvalue weighted by Gasteiger charge is -2.14. The summed E-state index contributed by atoms with van der Waals surface area (Å²) >= 11 is 6.07. The van der Waals surface area contributed by atoms with E-state index in [1.54, 1.807) is 26.1 Å². The van der Waals surface area contributed by atoms with E-state index in [1.807, 2.05) is 0 Å². The third kappa shape index (κ3) is 6.94. The van der Waals surface area contributed by atoms with Crippen molar-refractivity contribution in [3.8, 4) is 0 Å². The summed E-state index contributed by atoms with van der Waals surface area (Å²) in [5, 5.41) is 4.25. The van der Waals surface area contributed by atoms with Crippen LogP contribution in [-0.2, 0) is 10.0 Å². The molecular formula is C20H21ClF3N3O4S. The molecule has 0 heterocycles. The van der Waals surface area contributed by atoms with E-state index >= 15 is 0 Å². The normalized spacial score (nSPS) is 12.0. The fourth-order valence-electron chi connectivity index (χ4n) is 2.59. The Hall–Kier alpha value is -2.63. The average molecular weight is 492 g/mol. The predicted molar refractivity (Wildman–Crippen MR) is 114 cm³/mol. The van der Waals surface area contributed by atoms with Gasteiger partial charge < -0.3 is 10.6 Å². The Labute approximate surface area is 188 Å². The van der Waals surface area contributed by atoms with Crippen molar-refractivity contribution in [1.29, 1.82) is 0 Å². The van der Waals surface area contributed by atoms with Crippen LogP contribution in [0.3, 0.4) is 0 Å². The van der Waals surface area contributed by atoms with Gasteiger partial charge >= 0.3 is 6.18 Å². The number of alkyl halides is 3. The third-order valence-electron chi connectivity index (χ3n) is 4.08. The lowest BCUT2D eigenvalue weighted by Crippen LogP contribution is -2.33. The third-order valence-corrected chi connectivity index (χ3v) is 6.07. The van der Waals surface area contributed by atoms with E-state index in [0.29, 0.717) is 5.56 Å². The van der Waals surface area contributed by atoms with E-state index in [1.165, 1.54) is 30.3 Å². The van der Waals surface area contributed by atoms with Crippen molar-refractivity contribution in [2.24, 2.45) is 0 Å². The molecule has 0 aliphatic rings.